The summed E-state index contributed by atoms with van der Waals surface area (Å²) in [5.41, 5.74) is 17.5. The average molecular weight is 1150 g/mol. The van der Waals surface area contributed by atoms with Crippen molar-refractivity contribution in [2.75, 3.05) is 19.6 Å². The van der Waals surface area contributed by atoms with Gasteiger partial charge in [-0.15, -0.1) is 0 Å². The first-order valence-electron chi connectivity index (χ1n) is 28.7. The number of benzene rings is 1. The van der Waals surface area contributed by atoms with E-state index >= 15 is 0 Å². The second kappa shape index (κ2) is 31.8. The first-order valence-corrected chi connectivity index (χ1v) is 28.7. The molecule has 3 saturated heterocycles. The fourth-order valence-corrected chi connectivity index (χ4v) is 10.3. The molecule has 0 bridgehead atoms. The lowest BCUT2D eigenvalue weighted by Crippen LogP contribution is -2.62. The third kappa shape index (κ3) is 19.5. The zero-order valence-corrected chi connectivity index (χ0v) is 48.6. The highest BCUT2D eigenvalue weighted by Crippen LogP contribution is 2.24. The molecule has 0 aromatic heterocycles. The highest BCUT2D eigenvalue weighted by atomic mass is 16.3. The number of carbonyl (C=O) groups excluding carboxylic acids is 12. The van der Waals surface area contributed by atoms with E-state index < -0.39 is 174 Å². The Morgan fingerprint density at radius 1 is 0.585 bits per heavy atom. The Balaban J connectivity index is 1.86. The van der Waals surface area contributed by atoms with Crippen LogP contribution in [0.1, 0.15) is 132 Å². The molecule has 15 N–H and O–H groups in total. The number of nitrogens with two attached hydrogens (primary N) is 3. The van der Waals surface area contributed by atoms with Crippen LogP contribution in [0.5, 0.6) is 0 Å². The Morgan fingerprint density at radius 3 is 1.71 bits per heavy atom. The summed E-state index contributed by atoms with van der Waals surface area (Å²) in [6, 6.07) is -5.02. The lowest BCUT2D eigenvalue weighted by molar-refractivity contribution is -0.144. The minimum absolute atomic E-state index is 0.0258. The normalized spacial score (nSPS) is 27.7. The van der Waals surface area contributed by atoms with E-state index in [2.05, 4.69) is 42.5 Å². The van der Waals surface area contributed by atoms with Gasteiger partial charge in [0.2, 0.25) is 70.9 Å². The molecule has 3 heterocycles. The number of aliphatic hydroxyl groups is 1. The van der Waals surface area contributed by atoms with Gasteiger partial charge in [-0.2, -0.15) is 0 Å². The average Bonchev–Trinajstić information content (AvgIpc) is 4.24. The maximum Gasteiger partial charge on any atom is 0.246 e. The lowest BCUT2D eigenvalue weighted by Gasteiger charge is -2.33. The molecule has 4 rings (SSSR count). The van der Waals surface area contributed by atoms with Crippen molar-refractivity contribution in [1.29, 1.82) is 0 Å². The highest BCUT2D eigenvalue weighted by Gasteiger charge is 2.45. The summed E-state index contributed by atoms with van der Waals surface area (Å²) < 4.78 is 0. The van der Waals surface area contributed by atoms with Crippen LogP contribution >= 0.6 is 0 Å². The van der Waals surface area contributed by atoms with Crippen LogP contribution in [0.15, 0.2) is 30.3 Å². The summed E-state index contributed by atoms with van der Waals surface area (Å²) in [5, 5.41) is 32.4. The van der Waals surface area contributed by atoms with Crippen molar-refractivity contribution in [2.45, 2.75) is 199 Å². The first-order chi connectivity index (χ1) is 38.7. The van der Waals surface area contributed by atoms with E-state index in [1.807, 2.05) is 13.8 Å². The predicted molar refractivity (Wildman–Crippen MR) is 300 cm³/mol. The number of nitrogens with zero attached hydrogens (tertiary/aromatic N) is 2. The van der Waals surface area contributed by atoms with Crippen LogP contribution in [-0.4, -0.2) is 172 Å². The van der Waals surface area contributed by atoms with Crippen molar-refractivity contribution in [3.05, 3.63) is 35.9 Å². The largest absolute Gasteiger partial charge is 0.391 e. The summed E-state index contributed by atoms with van der Waals surface area (Å²) in [5.74, 6) is -12.3. The number of hydrogen-bond acceptors (Lipinski definition) is 14. The molecule has 3 aliphatic rings. The predicted octanol–water partition coefficient (Wildman–Crippen LogP) is -2.25. The van der Waals surface area contributed by atoms with Gasteiger partial charge in [0.1, 0.15) is 60.4 Å². The van der Waals surface area contributed by atoms with Crippen LogP contribution < -0.4 is 59.7 Å². The van der Waals surface area contributed by atoms with Crippen molar-refractivity contribution in [1.82, 2.24) is 52.3 Å². The SMILES string of the molecule is CC[C@H](C)[C@@H]1NC(=O)[C@@H](CCC(N)=O)NC(=O)[C@H](CC(N)=O)NC(=O)[C@H](CCCCN)NC(=O)[C@H](C(C)C)NC(=O)[C@@H]2CCCN2C(=O)[C@@H](Cc2ccccc2)NC(=O)[C@H](CC(C)C)NC(=O)[C@@H]2C[C@@H](O)CN2C(=O)[C@H](C(C)C)NC1=O. The quantitative estimate of drug-likeness (QED) is 0.0734. The lowest BCUT2D eigenvalue weighted by atomic mass is 9.95. The van der Waals surface area contributed by atoms with Gasteiger partial charge in [-0.3, -0.25) is 57.5 Å². The monoisotopic (exact) mass is 1150 g/mol. The van der Waals surface area contributed by atoms with Crippen molar-refractivity contribution < 1.29 is 62.6 Å². The molecule has 1 aromatic rings. The Labute approximate surface area is 479 Å². The number of fused-ring (bicyclic) bond motifs is 2. The standard InChI is InChI=1S/C56H89N13O13/c1-9-32(8)46-54(80)66-45(31(6)7)56(82)69-28-34(70)26-41(69)52(78)63-37(24-29(2)3)49(75)64-39(25-33-16-11-10-12-17-33)55(81)68-23-15-19-40(68)51(77)65-44(30(4)5)53(79)61-35(18-13-14-22-57)47(73)62-38(27-43(59)72)50(76)60-36(48(74)67-46)20-21-42(58)71/h10-12,16-17,29-32,34-41,44-46,70H,9,13-15,18-28,57H2,1-8H3,(H2,58,71)(H2,59,72)(H,60,76)(H,61,79)(H,62,73)(H,63,78)(H,64,75)(H,65,77)(H,66,80)(H,67,74)/t32-,34+,35-,36+,37-,38-,39+,40-,41-,44-,45-,46-/m0/s1. The van der Waals surface area contributed by atoms with Gasteiger partial charge >= 0.3 is 0 Å². The van der Waals surface area contributed by atoms with Crippen LogP contribution in [0.25, 0.3) is 0 Å². The maximum atomic E-state index is 14.9. The van der Waals surface area contributed by atoms with Gasteiger partial charge in [-0.05, 0) is 80.7 Å². The summed E-state index contributed by atoms with van der Waals surface area (Å²) in [7, 11) is 0. The van der Waals surface area contributed by atoms with Gasteiger partial charge in [-0.1, -0.05) is 92.1 Å². The number of primary amides is 2. The van der Waals surface area contributed by atoms with Crippen LogP contribution in [0.3, 0.4) is 0 Å². The summed E-state index contributed by atoms with van der Waals surface area (Å²) in [6.07, 6.45) is -1.55. The van der Waals surface area contributed by atoms with Crippen LogP contribution in [0.4, 0.5) is 0 Å². The minimum atomic E-state index is -1.77. The number of amides is 12. The molecular weight excluding hydrogens is 1060 g/mol. The van der Waals surface area contributed by atoms with E-state index in [-0.39, 0.29) is 57.7 Å². The molecule has 1 aromatic carbocycles. The molecule has 0 radical (unpaired) electrons. The molecule has 3 aliphatic heterocycles. The topological polar surface area (TPSA) is 406 Å². The van der Waals surface area contributed by atoms with E-state index in [9.17, 15) is 62.6 Å². The molecule has 26 heteroatoms. The first kappa shape index (κ1) is 67.3. The number of hydrogen-bond donors (Lipinski definition) is 12. The molecule has 12 atom stereocenters. The Bertz CT molecular complexity index is 2440. The van der Waals surface area contributed by atoms with Gasteiger partial charge in [0.25, 0.3) is 0 Å². The maximum absolute atomic E-state index is 14.9. The van der Waals surface area contributed by atoms with Crippen molar-refractivity contribution in [2.24, 2.45) is 40.9 Å². The molecule has 12 amide bonds. The number of rotatable bonds is 17. The van der Waals surface area contributed by atoms with E-state index in [0.29, 0.717) is 31.2 Å². The molecular formula is C56H89N13O13. The number of aliphatic hydroxyl groups excluding tert-OH is 1. The molecule has 0 unspecified atom stereocenters. The highest BCUT2D eigenvalue weighted by molar-refractivity contribution is 6.00. The van der Waals surface area contributed by atoms with Crippen molar-refractivity contribution in [3.8, 4) is 0 Å². The molecule has 26 nitrogen and oxygen atoms in total. The molecule has 0 spiro atoms. The van der Waals surface area contributed by atoms with Gasteiger partial charge in [0.15, 0.2) is 0 Å². The zero-order chi connectivity index (χ0) is 61.1. The van der Waals surface area contributed by atoms with Crippen LogP contribution in [-0.2, 0) is 64.0 Å². The summed E-state index contributed by atoms with van der Waals surface area (Å²) in [6.45, 7) is 13.6. The van der Waals surface area contributed by atoms with Gasteiger partial charge in [0.05, 0.1) is 12.5 Å². The second-order valence-electron chi connectivity index (χ2n) is 23.0. The molecule has 456 valence electrons. The molecule has 0 saturated carbocycles. The van der Waals surface area contributed by atoms with E-state index in [1.54, 1.807) is 71.9 Å². The Kier molecular flexibility index (Phi) is 26.1. The number of unbranched alkanes of at least 4 members (excludes halogenated alkanes) is 1. The Morgan fingerprint density at radius 2 is 1.11 bits per heavy atom. The van der Waals surface area contributed by atoms with Crippen molar-refractivity contribution >= 4 is 70.9 Å². The molecule has 82 heavy (non-hydrogen) atoms. The van der Waals surface area contributed by atoms with E-state index in [4.69, 9.17) is 17.2 Å². The fourth-order valence-electron chi connectivity index (χ4n) is 10.3. The Hall–Kier alpha value is -7.22. The second-order valence-corrected chi connectivity index (χ2v) is 23.0. The summed E-state index contributed by atoms with van der Waals surface area (Å²) >= 11 is 0. The fraction of sp³-hybridized carbons (Fsp3) is 0.679. The minimum Gasteiger partial charge on any atom is -0.391 e. The third-order valence-corrected chi connectivity index (χ3v) is 15.1. The zero-order valence-electron chi connectivity index (χ0n) is 48.6. The van der Waals surface area contributed by atoms with Gasteiger partial charge in [0, 0.05) is 32.4 Å². The third-order valence-electron chi connectivity index (χ3n) is 15.1. The summed E-state index contributed by atoms with van der Waals surface area (Å²) in [4.78, 5) is 172. The van der Waals surface area contributed by atoms with Crippen molar-refractivity contribution in [3.63, 3.8) is 0 Å². The molecule has 3 fully saturated rings. The molecule has 0 aliphatic carbocycles. The van der Waals surface area contributed by atoms with Crippen LogP contribution in [0.2, 0.25) is 0 Å². The van der Waals surface area contributed by atoms with Gasteiger partial charge < -0.3 is 74.6 Å². The smallest absolute Gasteiger partial charge is 0.246 e. The van der Waals surface area contributed by atoms with Gasteiger partial charge in [-0.25, -0.2) is 0 Å². The van der Waals surface area contributed by atoms with Crippen LogP contribution in [0, 0.1) is 23.7 Å². The number of carbonyl (C=O) groups is 12. The van der Waals surface area contributed by atoms with E-state index in [1.165, 1.54) is 4.90 Å². The number of nitrogens with one attached hydrogen (secondary N) is 8. The van der Waals surface area contributed by atoms with E-state index in [0.717, 1.165) is 4.90 Å².